The Morgan fingerprint density at radius 3 is 2.49 bits per heavy atom. The number of fused-ring (bicyclic) bond motifs is 1. The normalized spacial score (nSPS) is 15.1. The Kier molecular flexibility index (Phi) is 7.07. The van der Waals surface area contributed by atoms with Gasteiger partial charge in [0.15, 0.2) is 11.5 Å². The molecule has 1 aliphatic rings. The number of aromatic nitrogens is 1. The van der Waals surface area contributed by atoms with Gasteiger partial charge in [-0.2, -0.15) is 5.10 Å². The number of pyridine rings is 1. The Morgan fingerprint density at radius 2 is 1.80 bits per heavy atom. The number of hydrazone groups is 1. The van der Waals surface area contributed by atoms with Crippen LogP contribution in [-0.4, -0.2) is 54.0 Å². The first-order chi connectivity index (χ1) is 16.8. The van der Waals surface area contributed by atoms with E-state index in [0.717, 1.165) is 10.9 Å². The van der Waals surface area contributed by atoms with E-state index in [1.807, 2.05) is 24.3 Å². The van der Waals surface area contributed by atoms with E-state index in [2.05, 4.69) is 10.1 Å². The molecule has 0 saturated heterocycles. The molecule has 1 aromatic heterocycles. The highest BCUT2D eigenvalue weighted by Gasteiger charge is 2.35. The number of hydrogen-bond acceptors (Lipinski definition) is 7. The third-order valence-electron chi connectivity index (χ3n) is 5.80. The van der Waals surface area contributed by atoms with Crippen molar-refractivity contribution in [1.29, 1.82) is 0 Å². The van der Waals surface area contributed by atoms with Crippen molar-refractivity contribution in [2.75, 3.05) is 21.3 Å². The standard InChI is InChI=1S/C25H24ClN3O6/c1-33-16-6-4-14-10-17(25(26)27-18(14)12-16)20-13-19(28-29(20)23(30)8-9-24(31)32)15-5-7-21(34-2)22(11-15)35-3/h4-7,10-12,20H,8-9,13H2,1-3H3,(H,31,32)/t20-/m0/s1. The van der Waals surface area contributed by atoms with E-state index < -0.39 is 17.9 Å². The van der Waals surface area contributed by atoms with Crippen LogP contribution in [0.25, 0.3) is 10.9 Å². The topological polar surface area (TPSA) is 111 Å². The molecule has 0 saturated carbocycles. The van der Waals surface area contributed by atoms with Crippen LogP contribution >= 0.6 is 11.6 Å². The lowest BCUT2D eigenvalue weighted by Crippen LogP contribution is -2.27. The van der Waals surface area contributed by atoms with Crippen molar-refractivity contribution in [3.63, 3.8) is 0 Å². The average molecular weight is 498 g/mol. The van der Waals surface area contributed by atoms with Crippen molar-refractivity contribution >= 4 is 40.1 Å². The quantitative estimate of drug-likeness (QED) is 0.457. The van der Waals surface area contributed by atoms with E-state index in [1.165, 1.54) is 12.1 Å². The summed E-state index contributed by atoms with van der Waals surface area (Å²) in [5.41, 5.74) is 2.65. The Labute approximate surface area is 206 Å². The van der Waals surface area contributed by atoms with Crippen molar-refractivity contribution in [3.05, 3.63) is 58.7 Å². The van der Waals surface area contributed by atoms with Crippen LogP contribution in [0.2, 0.25) is 5.15 Å². The van der Waals surface area contributed by atoms with Crippen molar-refractivity contribution in [1.82, 2.24) is 9.99 Å². The minimum absolute atomic E-state index is 0.190. The molecule has 1 atom stereocenters. The number of carboxylic acid groups (broad SMARTS) is 1. The lowest BCUT2D eigenvalue weighted by Gasteiger charge is -2.23. The number of nitrogens with zero attached hydrogens (tertiary/aromatic N) is 3. The number of rotatable bonds is 8. The molecule has 35 heavy (non-hydrogen) atoms. The molecule has 1 amide bonds. The second-order valence-corrected chi connectivity index (χ2v) is 8.25. The first-order valence-corrected chi connectivity index (χ1v) is 11.2. The number of halogens is 1. The number of benzene rings is 2. The lowest BCUT2D eigenvalue weighted by molar-refractivity contribution is -0.141. The fourth-order valence-electron chi connectivity index (χ4n) is 4.00. The Balaban J connectivity index is 1.75. The molecule has 0 unspecified atom stereocenters. The number of amides is 1. The van der Waals surface area contributed by atoms with E-state index >= 15 is 0 Å². The van der Waals surface area contributed by atoms with Crippen molar-refractivity contribution < 1.29 is 28.9 Å². The maximum atomic E-state index is 13.0. The summed E-state index contributed by atoms with van der Waals surface area (Å²) in [5.74, 6) is 0.271. The summed E-state index contributed by atoms with van der Waals surface area (Å²) in [7, 11) is 4.66. The Morgan fingerprint density at radius 1 is 1.03 bits per heavy atom. The molecule has 3 aromatic rings. The van der Waals surface area contributed by atoms with Crippen LogP contribution in [0.5, 0.6) is 17.2 Å². The molecule has 2 heterocycles. The van der Waals surface area contributed by atoms with Crippen LogP contribution in [0.3, 0.4) is 0 Å². The molecule has 0 radical (unpaired) electrons. The maximum Gasteiger partial charge on any atom is 0.303 e. The van der Waals surface area contributed by atoms with E-state index in [-0.39, 0.29) is 18.0 Å². The fourth-order valence-corrected chi connectivity index (χ4v) is 4.27. The van der Waals surface area contributed by atoms with E-state index in [1.54, 1.807) is 32.4 Å². The van der Waals surface area contributed by atoms with Gasteiger partial charge in [-0.15, -0.1) is 0 Å². The number of carboxylic acids is 1. The summed E-state index contributed by atoms with van der Waals surface area (Å²) >= 11 is 6.59. The summed E-state index contributed by atoms with van der Waals surface area (Å²) in [5, 5.41) is 16.0. The first-order valence-electron chi connectivity index (χ1n) is 10.8. The van der Waals surface area contributed by atoms with Crippen LogP contribution in [0.15, 0.2) is 47.6 Å². The molecule has 0 spiro atoms. The second kappa shape index (κ2) is 10.2. The summed E-state index contributed by atoms with van der Waals surface area (Å²) in [6, 6.07) is 12.2. The van der Waals surface area contributed by atoms with E-state index in [4.69, 9.17) is 30.9 Å². The molecule has 9 nitrogen and oxygen atoms in total. The van der Waals surface area contributed by atoms with Gasteiger partial charge in [-0.3, -0.25) is 9.59 Å². The number of aliphatic carboxylic acids is 1. The smallest absolute Gasteiger partial charge is 0.303 e. The van der Waals surface area contributed by atoms with Crippen LogP contribution in [0, 0.1) is 0 Å². The van der Waals surface area contributed by atoms with Crippen molar-refractivity contribution in [2.24, 2.45) is 5.10 Å². The summed E-state index contributed by atoms with van der Waals surface area (Å²) < 4.78 is 16.0. The Bertz CT molecular complexity index is 1330. The predicted molar refractivity (Wildman–Crippen MR) is 130 cm³/mol. The largest absolute Gasteiger partial charge is 0.497 e. The highest BCUT2D eigenvalue weighted by Crippen LogP contribution is 2.39. The highest BCUT2D eigenvalue weighted by molar-refractivity contribution is 6.30. The molecule has 0 bridgehead atoms. The summed E-state index contributed by atoms with van der Waals surface area (Å²) in [6.07, 6.45) is -0.130. The van der Waals surface area contributed by atoms with Gasteiger partial charge in [-0.05, 0) is 36.4 Å². The highest BCUT2D eigenvalue weighted by atomic mass is 35.5. The predicted octanol–water partition coefficient (Wildman–Crippen LogP) is 4.46. The zero-order chi connectivity index (χ0) is 25.1. The lowest BCUT2D eigenvalue weighted by atomic mass is 9.98. The molecular weight excluding hydrogens is 474 g/mol. The molecule has 0 fully saturated rings. The van der Waals surface area contributed by atoms with Gasteiger partial charge >= 0.3 is 5.97 Å². The summed E-state index contributed by atoms with van der Waals surface area (Å²) in [4.78, 5) is 28.6. The van der Waals surface area contributed by atoms with Crippen LogP contribution in [-0.2, 0) is 9.59 Å². The molecule has 1 N–H and O–H groups in total. The number of carbonyl (C=O) groups is 2. The van der Waals surface area contributed by atoms with Crippen LogP contribution in [0.1, 0.15) is 36.4 Å². The first kappa shape index (κ1) is 24.3. The number of methoxy groups -OCH3 is 3. The fraction of sp³-hybridized carbons (Fsp3) is 0.280. The molecule has 10 heteroatoms. The SMILES string of the molecule is COc1ccc2cc([C@@H]3CC(c4ccc(OC)c(OC)c4)=NN3C(=O)CCC(=O)O)c(Cl)nc2c1. The molecule has 1 aliphatic heterocycles. The zero-order valence-electron chi connectivity index (χ0n) is 19.4. The van der Waals surface area contributed by atoms with Gasteiger partial charge in [0.25, 0.3) is 0 Å². The van der Waals surface area contributed by atoms with Gasteiger partial charge in [0.05, 0.1) is 45.0 Å². The van der Waals surface area contributed by atoms with Gasteiger partial charge in [0.2, 0.25) is 5.91 Å². The van der Waals surface area contributed by atoms with Gasteiger partial charge in [-0.1, -0.05) is 11.6 Å². The average Bonchev–Trinajstić information content (AvgIpc) is 3.31. The summed E-state index contributed by atoms with van der Waals surface area (Å²) in [6.45, 7) is 0. The number of hydrogen-bond donors (Lipinski definition) is 1. The van der Waals surface area contributed by atoms with Crippen molar-refractivity contribution in [2.45, 2.75) is 25.3 Å². The van der Waals surface area contributed by atoms with E-state index in [9.17, 15) is 9.59 Å². The number of ether oxygens (including phenoxy) is 3. The van der Waals surface area contributed by atoms with E-state index in [0.29, 0.717) is 40.5 Å². The van der Waals surface area contributed by atoms with Crippen LogP contribution < -0.4 is 14.2 Å². The van der Waals surface area contributed by atoms with Gasteiger partial charge in [0, 0.05) is 35.4 Å². The van der Waals surface area contributed by atoms with Gasteiger partial charge in [-0.25, -0.2) is 9.99 Å². The van der Waals surface area contributed by atoms with Gasteiger partial charge < -0.3 is 19.3 Å². The van der Waals surface area contributed by atoms with Crippen LogP contribution in [0.4, 0.5) is 0 Å². The third kappa shape index (κ3) is 5.00. The molecule has 4 rings (SSSR count). The molecule has 0 aliphatic carbocycles. The molecule has 2 aromatic carbocycles. The molecule has 182 valence electrons. The van der Waals surface area contributed by atoms with Crippen molar-refractivity contribution in [3.8, 4) is 17.2 Å². The minimum atomic E-state index is -1.06. The Hall–Kier alpha value is -3.85. The maximum absolute atomic E-state index is 13.0. The van der Waals surface area contributed by atoms with Gasteiger partial charge in [0.1, 0.15) is 10.9 Å². The third-order valence-corrected chi connectivity index (χ3v) is 6.10. The minimum Gasteiger partial charge on any atom is -0.497 e. The second-order valence-electron chi connectivity index (χ2n) is 7.90. The zero-order valence-corrected chi connectivity index (χ0v) is 20.2. The molecular formula is C25H24ClN3O6. The monoisotopic (exact) mass is 497 g/mol. The number of carbonyl (C=O) groups excluding carboxylic acids is 1.